The normalized spacial score (nSPS) is 10.7. The Kier molecular flexibility index (Phi) is 3.08. The molecule has 17 heavy (non-hydrogen) atoms. The summed E-state index contributed by atoms with van der Waals surface area (Å²) >= 11 is 0. The maximum absolute atomic E-state index is 11.9. The van der Waals surface area contributed by atoms with E-state index in [1.54, 1.807) is 0 Å². The number of nitrogens with zero attached hydrogens (tertiary/aromatic N) is 2. The molecule has 0 unspecified atom stereocenters. The highest BCUT2D eigenvalue weighted by atomic mass is 19.4. The Hall–Kier alpha value is -2.50. The van der Waals surface area contributed by atoms with Gasteiger partial charge in [-0.3, -0.25) is 0 Å². The largest absolute Gasteiger partial charge is 0.574 e. The van der Waals surface area contributed by atoms with Crippen LogP contribution < -0.4 is 10.5 Å². The quantitative estimate of drug-likeness (QED) is 0.810. The molecule has 0 aliphatic heterocycles. The number of halogens is 3. The molecule has 1 rings (SSSR count). The van der Waals surface area contributed by atoms with E-state index in [0.29, 0.717) is 6.07 Å². The molecular weight excluding hydrogens is 243 g/mol. The van der Waals surface area contributed by atoms with Crippen molar-refractivity contribution in [2.45, 2.75) is 6.36 Å². The summed E-state index contributed by atoms with van der Waals surface area (Å²) in [5.41, 5.74) is 3.37. The average molecular weight is 247 g/mol. The third-order valence-electron chi connectivity index (χ3n) is 1.58. The number of pyridine rings is 1. The Labute approximate surface area is 92.0 Å². The van der Waals surface area contributed by atoms with Gasteiger partial charge in [-0.25, -0.2) is 9.78 Å². The number of hydrogen-bond donors (Lipinski definition) is 2. The molecule has 1 aromatic rings. The minimum atomic E-state index is -5.04. The molecule has 0 bridgehead atoms. The number of anilines is 1. The van der Waals surface area contributed by atoms with E-state index < -0.39 is 35.2 Å². The minimum absolute atomic E-state index is 0.461. The molecule has 9 heteroatoms. The number of nitriles is 1. The topological polar surface area (TPSA) is 109 Å². The smallest absolute Gasteiger partial charge is 0.476 e. The number of nitrogens with two attached hydrogens (primary N) is 1. The van der Waals surface area contributed by atoms with Gasteiger partial charge in [0.1, 0.15) is 6.07 Å². The minimum Gasteiger partial charge on any atom is -0.476 e. The van der Waals surface area contributed by atoms with Crippen LogP contribution in [0.15, 0.2) is 6.07 Å². The summed E-state index contributed by atoms with van der Waals surface area (Å²) in [6.07, 6.45) is -5.04. The third kappa shape index (κ3) is 2.97. The van der Waals surface area contributed by atoms with E-state index in [0.717, 1.165) is 0 Å². The van der Waals surface area contributed by atoms with Crippen molar-refractivity contribution in [3.05, 3.63) is 17.3 Å². The summed E-state index contributed by atoms with van der Waals surface area (Å²) in [4.78, 5) is 13.7. The molecule has 90 valence electrons. The number of hydrogen-bond acceptors (Lipinski definition) is 5. The van der Waals surface area contributed by atoms with Gasteiger partial charge in [-0.1, -0.05) is 0 Å². The van der Waals surface area contributed by atoms with Crippen molar-refractivity contribution in [2.24, 2.45) is 0 Å². The summed E-state index contributed by atoms with van der Waals surface area (Å²) in [5.74, 6) is -2.72. The molecule has 1 heterocycles. The lowest BCUT2D eigenvalue weighted by Gasteiger charge is -2.10. The highest BCUT2D eigenvalue weighted by Crippen LogP contribution is 2.25. The molecule has 0 atom stereocenters. The van der Waals surface area contributed by atoms with Crippen LogP contribution in [-0.2, 0) is 0 Å². The lowest BCUT2D eigenvalue weighted by Crippen LogP contribution is -2.19. The van der Waals surface area contributed by atoms with Crippen LogP contribution in [0.25, 0.3) is 0 Å². The zero-order chi connectivity index (χ0) is 13.2. The van der Waals surface area contributed by atoms with Gasteiger partial charge in [-0.2, -0.15) is 5.26 Å². The van der Waals surface area contributed by atoms with E-state index in [9.17, 15) is 18.0 Å². The van der Waals surface area contributed by atoms with Crippen LogP contribution in [0.2, 0.25) is 0 Å². The number of aromatic nitrogens is 1. The predicted octanol–water partition coefficient (Wildman–Crippen LogP) is 1.13. The van der Waals surface area contributed by atoms with E-state index in [1.807, 2.05) is 0 Å². The fourth-order valence-electron chi connectivity index (χ4n) is 0.958. The van der Waals surface area contributed by atoms with Gasteiger partial charge < -0.3 is 15.6 Å². The van der Waals surface area contributed by atoms with Crippen LogP contribution in [-0.4, -0.2) is 22.4 Å². The first-order valence-electron chi connectivity index (χ1n) is 3.94. The highest BCUT2D eigenvalue weighted by molar-refractivity contribution is 5.93. The Balaban J connectivity index is 3.32. The maximum atomic E-state index is 11.9. The van der Waals surface area contributed by atoms with Gasteiger partial charge in [-0.15, -0.1) is 13.2 Å². The van der Waals surface area contributed by atoms with Crippen molar-refractivity contribution in [1.29, 1.82) is 5.26 Å². The van der Waals surface area contributed by atoms with Gasteiger partial charge in [0.25, 0.3) is 0 Å². The van der Waals surface area contributed by atoms with Gasteiger partial charge in [0.15, 0.2) is 5.69 Å². The van der Waals surface area contributed by atoms with E-state index in [4.69, 9.17) is 16.1 Å². The monoisotopic (exact) mass is 247 g/mol. The number of alkyl halides is 3. The van der Waals surface area contributed by atoms with Gasteiger partial charge in [0.05, 0.1) is 11.3 Å². The SMILES string of the molecule is N#Cc1cc(OC(F)(F)F)nc(C(=O)O)c1N. The van der Waals surface area contributed by atoms with E-state index >= 15 is 0 Å². The molecule has 0 fully saturated rings. The molecule has 0 spiro atoms. The van der Waals surface area contributed by atoms with E-state index in [1.165, 1.54) is 6.07 Å². The molecule has 0 aromatic carbocycles. The average Bonchev–Trinajstić information content (AvgIpc) is 2.17. The number of ether oxygens (including phenoxy) is 1. The molecule has 1 aromatic heterocycles. The number of rotatable bonds is 2. The first-order chi connectivity index (χ1) is 7.74. The number of nitrogen functional groups attached to an aromatic ring is 1. The lowest BCUT2D eigenvalue weighted by molar-refractivity contribution is -0.276. The molecule has 3 N–H and O–H groups in total. The zero-order valence-electron chi connectivity index (χ0n) is 7.95. The Morgan fingerprint density at radius 3 is 2.59 bits per heavy atom. The van der Waals surface area contributed by atoms with Crippen molar-refractivity contribution in [1.82, 2.24) is 4.98 Å². The third-order valence-corrected chi connectivity index (χ3v) is 1.58. The second-order valence-electron chi connectivity index (χ2n) is 2.74. The standard InChI is InChI=1S/C8H4F3N3O3/c9-8(10,11)17-4-1-3(2-12)5(13)6(14-4)7(15)16/h1H,13H2,(H,15,16). The van der Waals surface area contributed by atoms with Crippen molar-refractivity contribution in [2.75, 3.05) is 5.73 Å². The van der Waals surface area contributed by atoms with Crippen LogP contribution in [0.5, 0.6) is 5.88 Å². The van der Waals surface area contributed by atoms with Crippen LogP contribution in [0.1, 0.15) is 16.1 Å². The molecule has 0 amide bonds. The Morgan fingerprint density at radius 2 is 2.18 bits per heavy atom. The van der Waals surface area contributed by atoms with Crippen LogP contribution >= 0.6 is 0 Å². The molecule has 0 radical (unpaired) electrons. The fraction of sp³-hybridized carbons (Fsp3) is 0.125. The van der Waals surface area contributed by atoms with Crippen molar-refractivity contribution >= 4 is 11.7 Å². The molecular formula is C8H4F3N3O3. The molecule has 0 aliphatic rings. The van der Waals surface area contributed by atoms with Crippen molar-refractivity contribution in [3.63, 3.8) is 0 Å². The molecule has 0 aliphatic carbocycles. The maximum Gasteiger partial charge on any atom is 0.574 e. The van der Waals surface area contributed by atoms with Crippen LogP contribution in [0.3, 0.4) is 0 Å². The van der Waals surface area contributed by atoms with Crippen LogP contribution in [0, 0.1) is 11.3 Å². The van der Waals surface area contributed by atoms with Gasteiger partial charge >= 0.3 is 12.3 Å². The van der Waals surface area contributed by atoms with E-state index in [2.05, 4.69) is 9.72 Å². The first kappa shape index (κ1) is 12.6. The summed E-state index contributed by atoms with van der Waals surface area (Å²) in [7, 11) is 0. The summed E-state index contributed by atoms with van der Waals surface area (Å²) < 4.78 is 39.1. The fourth-order valence-corrected chi connectivity index (χ4v) is 0.958. The Bertz CT molecular complexity index is 507. The van der Waals surface area contributed by atoms with Gasteiger partial charge in [0.2, 0.25) is 5.88 Å². The van der Waals surface area contributed by atoms with Gasteiger partial charge in [-0.05, 0) is 0 Å². The predicted molar refractivity (Wildman–Crippen MR) is 47.0 cm³/mol. The first-order valence-corrected chi connectivity index (χ1v) is 3.94. The van der Waals surface area contributed by atoms with Crippen molar-refractivity contribution in [3.8, 4) is 11.9 Å². The summed E-state index contributed by atoms with van der Waals surface area (Å²) in [6.45, 7) is 0. The zero-order valence-corrected chi connectivity index (χ0v) is 7.95. The van der Waals surface area contributed by atoms with Crippen LogP contribution in [0.4, 0.5) is 18.9 Å². The number of carbonyl (C=O) groups is 1. The molecule has 0 saturated heterocycles. The molecule has 0 saturated carbocycles. The number of aromatic carboxylic acids is 1. The second kappa shape index (κ2) is 4.17. The molecule has 6 nitrogen and oxygen atoms in total. The summed E-state index contributed by atoms with van der Waals surface area (Å²) in [5, 5.41) is 17.2. The Morgan fingerprint density at radius 1 is 1.59 bits per heavy atom. The highest BCUT2D eigenvalue weighted by Gasteiger charge is 2.32. The summed E-state index contributed by atoms with van der Waals surface area (Å²) in [6, 6.07) is 2.05. The second-order valence-corrected chi connectivity index (χ2v) is 2.74. The van der Waals surface area contributed by atoms with E-state index in [-0.39, 0.29) is 0 Å². The lowest BCUT2D eigenvalue weighted by atomic mass is 10.2. The van der Waals surface area contributed by atoms with Gasteiger partial charge in [0, 0.05) is 6.07 Å². The van der Waals surface area contributed by atoms with Crippen molar-refractivity contribution < 1.29 is 27.8 Å². The number of carboxylic acid groups (broad SMARTS) is 1. The number of carboxylic acids is 1.